The normalized spacial score (nSPS) is 9.67. The van der Waals surface area contributed by atoms with E-state index < -0.39 is 5.97 Å². The van der Waals surface area contributed by atoms with Crippen molar-refractivity contribution in [3.05, 3.63) is 33.3 Å². The van der Waals surface area contributed by atoms with Crippen molar-refractivity contribution in [1.82, 2.24) is 0 Å². The van der Waals surface area contributed by atoms with Gasteiger partial charge in [0.1, 0.15) is 6.07 Å². The molecule has 1 rings (SSSR count). The van der Waals surface area contributed by atoms with E-state index >= 15 is 0 Å². The number of rotatable bonds is 3. The highest BCUT2D eigenvalue weighted by atomic mass is 79.9. The summed E-state index contributed by atoms with van der Waals surface area (Å²) in [6.45, 7) is -0.192. The molecule has 0 atom stereocenters. The molecule has 0 unspecified atom stereocenters. The summed E-state index contributed by atoms with van der Waals surface area (Å²) in [4.78, 5) is 10.5. The molecule has 0 aliphatic rings. The summed E-state index contributed by atoms with van der Waals surface area (Å²) >= 11 is 3.17. The van der Waals surface area contributed by atoms with Gasteiger partial charge in [-0.1, -0.05) is 12.1 Å². The van der Waals surface area contributed by atoms with E-state index in [0.29, 0.717) is 15.6 Å². The van der Waals surface area contributed by atoms with E-state index in [2.05, 4.69) is 15.9 Å². The lowest BCUT2D eigenvalue weighted by Crippen LogP contribution is -2.04. The zero-order chi connectivity index (χ0) is 11.4. The minimum atomic E-state index is -0.991. The van der Waals surface area contributed by atoms with Gasteiger partial charge in [-0.3, -0.25) is 4.79 Å². The maximum atomic E-state index is 10.5. The molecule has 0 fully saturated rings. The molecule has 0 heterocycles. The lowest BCUT2D eigenvalue weighted by molar-refractivity contribution is -0.136. The first kappa shape index (κ1) is 11.7. The standard InChI is InChI=1S/C10H8BrNO3/c11-10-7(5-13)2-1-6(3-9(14)15)8(10)4-12/h1-2,13H,3,5H2,(H,14,15). The quantitative estimate of drug-likeness (QED) is 0.870. The molecule has 15 heavy (non-hydrogen) atoms. The van der Waals surface area contributed by atoms with Crippen LogP contribution in [0.5, 0.6) is 0 Å². The molecule has 1 aromatic carbocycles. The van der Waals surface area contributed by atoms with Crippen LogP contribution in [0.2, 0.25) is 0 Å². The zero-order valence-corrected chi connectivity index (χ0v) is 9.28. The molecule has 0 aliphatic carbocycles. The number of carboxylic acid groups (broad SMARTS) is 1. The van der Waals surface area contributed by atoms with Crippen LogP contribution < -0.4 is 0 Å². The number of aliphatic hydroxyl groups is 1. The number of hydrogen-bond donors (Lipinski definition) is 2. The second-order valence-corrected chi connectivity index (χ2v) is 3.71. The van der Waals surface area contributed by atoms with E-state index in [9.17, 15) is 4.79 Å². The Bertz CT molecular complexity index is 437. The third kappa shape index (κ3) is 2.55. The molecule has 4 nitrogen and oxygen atoms in total. The molecule has 2 N–H and O–H groups in total. The Balaban J connectivity index is 3.26. The van der Waals surface area contributed by atoms with Gasteiger partial charge in [-0.15, -0.1) is 0 Å². The SMILES string of the molecule is N#Cc1c(CC(=O)O)ccc(CO)c1Br. The van der Waals surface area contributed by atoms with Gasteiger partial charge in [0.25, 0.3) is 0 Å². The van der Waals surface area contributed by atoms with Crippen LogP contribution in [0.25, 0.3) is 0 Å². The van der Waals surface area contributed by atoms with Crippen molar-refractivity contribution in [3.8, 4) is 6.07 Å². The van der Waals surface area contributed by atoms with Crippen LogP contribution in [-0.2, 0) is 17.8 Å². The summed E-state index contributed by atoms with van der Waals surface area (Å²) < 4.78 is 0.464. The Morgan fingerprint density at radius 2 is 2.07 bits per heavy atom. The van der Waals surface area contributed by atoms with E-state index in [1.54, 1.807) is 12.1 Å². The van der Waals surface area contributed by atoms with Crippen LogP contribution in [0.3, 0.4) is 0 Å². The third-order valence-corrected chi connectivity index (χ3v) is 2.84. The van der Waals surface area contributed by atoms with Crippen molar-refractivity contribution >= 4 is 21.9 Å². The molecule has 0 saturated carbocycles. The van der Waals surface area contributed by atoms with Gasteiger partial charge in [-0.25, -0.2) is 0 Å². The van der Waals surface area contributed by atoms with Gasteiger partial charge in [-0.2, -0.15) is 5.26 Å². The van der Waals surface area contributed by atoms with Crippen LogP contribution in [0.4, 0.5) is 0 Å². The summed E-state index contributed by atoms with van der Waals surface area (Å²) in [5.74, 6) is -0.991. The van der Waals surface area contributed by atoms with Crippen molar-refractivity contribution < 1.29 is 15.0 Å². The van der Waals surface area contributed by atoms with Crippen molar-refractivity contribution in [3.63, 3.8) is 0 Å². The minimum Gasteiger partial charge on any atom is -0.481 e. The Morgan fingerprint density at radius 1 is 1.47 bits per heavy atom. The second kappa shape index (κ2) is 4.91. The van der Waals surface area contributed by atoms with Crippen molar-refractivity contribution in [1.29, 1.82) is 5.26 Å². The Kier molecular flexibility index (Phi) is 3.83. The molecule has 0 bridgehead atoms. The van der Waals surface area contributed by atoms with Crippen molar-refractivity contribution in [2.45, 2.75) is 13.0 Å². The largest absolute Gasteiger partial charge is 0.481 e. The summed E-state index contributed by atoms with van der Waals surface area (Å²) in [5.41, 5.74) is 1.28. The predicted molar refractivity (Wildman–Crippen MR) is 56.1 cm³/mol. The fourth-order valence-electron chi connectivity index (χ4n) is 1.21. The number of halogens is 1. The van der Waals surface area contributed by atoms with Crippen LogP contribution in [0.15, 0.2) is 16.6 Å². The van der Waals surface area contributed by atoms with E-state index in [1.165, 1.54) is 0 Å². The van der Waals surface area contributed by atoms with E-state index in [1.807, 2.05) is 6.07 Å². The summed E-state index contributed by atoms with van der Waals surface area (Å²) in [6.07, 6.45) is -0.201. The molecule has 0 spiro atoms. The molecule has 0 amide bonds. The average Bonchev–Trinajstić information content (AvgIpc) is 2.18. The molecular weight excluding hydrogens is 262 g/mol. The number of nitrogens with zero attached hydrogens (tertiary/aromatic N) is 1. The smallest absolute Gasteiger partial charge is 0.307 e. The van der Waals surface area contributed by atoms with E-state index in [0.717, 1.165) is 0 Å². The summed E-state index contributed by atoms with van der Waals surface area (Å²) in [5, 5.41) is 26.5. The maximum Gasteiger partial charge on any atom is 0.307 e. The van der Waals surface area contributed by atoms with Gasteiger partial charge in [0.2, 0.25) is 0 Å². The van der Waals surface area contributed by atoms with Gasteiger partial charge >= 0.3 is 5.97 Å². The zero-order valence-electron chi connectivity index (χ0n) is 7.70. The number of carbonyl (C=O) groups is 1. The van der Waals surface area contributed by atoms with Crippen LogP contribution in [-0.4, -0.2) is 16.2 Å². The van der Waals surface area contributed by atoms with Gasteiger partial charge in [0, 0.05) is 4.47 Å². The monoisotopic (exact) mass is 269 g/mol. The lowest BCUT2D eigenvalue weighted by atomic mass is 10.0. The lowest BCUT2D eigenvalue weighted by Gasteiger charge is -2.06. The van der Waals surface area contributed by atoms with Gasteiger partial charge in [-0.05, 0) is 27.1 Å². The summed E-state index contributed by atoms with van der Waals surface area (Å²) in [6, 6.07) is 5.07. The van der Waals surface area contributed by atoms with Crippen molar-refractivity contribution in [2.75, 3.05) is 0 Å². The van der Waals surface area contributed by atoms with Gasteiger partial charge in [0.15, 0.2) is 0 Å². The highest BCUT2D eigenvalue weighted by Crippen LogP contribution is 2.25. The third-order valence-electron chi connectivity index (χ3n) is 1.93. The van der Waals surface area contributed by atoms with Crippen LogP contribution in [0.1, 0.15) is 16.7 Å². The molecule has 0 saturated heterocycles. The molecule has 0 aliphatic heterocycles. The average molecular weight is 270 g/mol. The Hall–Kier alpha value is -1.38. The molecule has 5 heteroatoms. The Labute approximate surface area is 94.9 Å². The summed E-state index contributed by atoms with van der Waals surface area (Å²) in [7, 11) is 0. The second-order valence-electron chi connectivity index (χ2n) is 2.91. The highest BCUT2D eigenvalue weighted by Gasteiger charge is 2.12. The number of benzene rings is 1. The molecular formula is C10H8BrNO3. The molecule has 0 aromatic heterocycles. The number of aliphatic hydroxyl groups excluding tert-OH is 1. The molecule has 78 valence electrons. The van der Waals surface area contributed by atoms with Crippen molar-refractivity contribution in [2.24, 2.45) is 0 Å². The highest BCUT2D eigenvalue weighted by molar-refractivity contribution is 9.10. The van der Waals surface area contributed by atoms with Gasteiger partial charge in [0.05, 0.1) is 18.6 Å². The Morgan fingerprint density at radius 3 is 2.53 bits per heavy atom. The first-order valence-corrected chi connectivity index (χ1v) is 4.92. The number of hydrogen-bond acceptors (Lipinski definition) is 3. The number of aliphatic carboxylic acids is 1. The fraction of sp³-hybridized carbons (Fsp3) is 0.200. The first-order chi connectivity index (χ1) is 7.10. The van der Waals surface area contributed by atoms with Gasteiger partial charge < -0.3 is 10.2 Å². The topological polar surface area (TPSA) is 81.3 Å². The van der Waals surface area contributed by atoms with E-state index in [4.69, 9.17) is 15.5 Å². The number of carboxylic acids is 1. The minimum absolute atomic E-state index is 0.192. The predicted octanol–water partition coefficient (Wildman–Crippen LogP) is 1.44. The van der Waals surface area contributed by atoms with Crippen LogP contribution >= 0.6 is 15.9 Å². The maximum absolute atomic E-state index is 10.5. The fourth-order valence-corrected chi connectivity index (χ4v) is 1.81. The van der Waals surface area contributed by atoms with E-state index in [-0.39, 0.29) is 18.6 Å². The van der Waals surface area contributed by atoms with Crippen LogP contribution in [0, 0.1) is 11.3 Å². The molecule has 1 aromatic rings. The molecule has 0 radical (unpaired) electrons. The first-order valence-electron chi connectivity index (χ1n) is 4.13. The number of nitriles is 1.